The van der Waals surface area contributed by atoms with E-state index in [1.165, 1.54) is 13.2 Å². The third kappa shape index (κ3) is 6.98. The SMILES string of the molecule is CONC(=O)N(Cc1ccsc1)C1CCN([C@H](C)CCNC(=O)c2c(C)cc(Cl)[n+](O)c2Cl)CC1. The largest absolute Gasteiger partial charge is 0.352 e. The van der Waals surface area contributed by atoms with Crippen LogP contribution in [-0.4, -0.2) is 65.8 Å². The first kappa shape index (κ1) is 27.5. The third-order valence-electron chi connectivity index (χ3n) is 6.35. The van der Waals surface area contributed by atoms with Crippen molar-refractivity contribution in [3.8, 4) is 0 Å². The lowest BCUT2D eigenvalue weighted by atomic mass is 10.0. The van der Waals surface area contributed by atoms with Crippen LogP contribution in [0.25, 0.3) is 0 Å². The number of halogens is 2. The van der Waals surface area contributed by atoms with Crippen LogP contribution in [0.15, 0.2) is 22.9 Å². The van der Waals surface area contributed by atoms with Crippen LogP contribution in [0.3, 0.4) is 0 Å². The number of hydrogen-bond acceptors (Lipinski definition) is 6. The smallest absolute Gasteiger partial charge is 0.341 e. The molecule has 0 radical (unpaired) electrons. The number of pyridine rings is 1. The molecule has 1 atom stereocenters. The van der Waals surface area contributed by atoms with Crippen LogP contribution in [0.2, 0.25) is 10.3 Å². The molecule has 0 spiro atoms. The molecule has 3 heterocycles. The van der Waals surface area contributed by atoms with Crippen LogP contribution >= 0.6 is 34.5 Å². The van der Waals surface area contributed by atoms with E-state index in [1.807, 2.05) is 16.3 Å². The molecule has 2 aromatic heterocycles. The predicted molar refractivity (Wildman–Crippen MR) is 135 cm³/mol. The minimum absolute atomic E-state index is 0.0367. The molecule has 0 aromatic carbocycles. The van der Waals surface area contributed by atoms with Gasteiger partial charge in [0.2, 0.25) is 0 Å². The van der Waals surface area contributed by atoms with E-state index in [1.54, 1.807) is 18.3 Å². The van der Waals surface area contributed by atoms with E-state index >= 15 is 0 Å². The number of aromatic nitrogens is 1. The summed E-state index contributed by atoms with van der Waals surface area (Å²) in [6.07, 6.45) is 2.46. The van der Waals surface area contributed by atoms with Gasteiger partial charge in [0.15, 0.2) is 0 Å². The zero-order chi connectivity index (χ0) is 25.5. The molecule has 0 saturated carbocycles. The molecule has 1 aliphatic rings. The van der Waals surface area contributed by atoms with Gasteiger partial charge in [-0.2, -0.15) is 11.3 Å². The van der Waals surface area contributed by atoms with Gasteiger partial charge >= 0.3 is 16.3 Å². The number of urea groups is 1. The Morgan fingerprint density at radius 1 is 1.37 bits per heavy atom. The molecule has 35 heavy (non-hydrogen) atoms. The van der Waals surface area contributed by atoms with Gasteiger partial charge in [0.25, 0.3) is 5.91 Å². The molecule has 3 N–H and O–H groups in total. The van der Waals surface area contributed by atoms with Crippen molar-refractivity contribution < 1.29 is 24.4 Å². The third-order valence-corrected chi connectivity index (χ3v) is 7.70. The molecule has 0 aliphatic carbocycles. The Morgan fingerprint density at radius 2 is 2.09 bits per heavy atom. The van der Waals surface area contributed by atoms with Crippen molar-refractivity contribution in [1.82, 2.24) is 20.6 Å². The van der Waals surface area contributed by atoms with E-state index in [0.717, 1.165) is 37.9 Å². The summed E-state index contributed by atoms with van der Waals surface area (Å²) >= 11 is 13.6. The number of nitrogens with one attached hydrogen (secondary N) is 2. The fraction of sp³-hybridized carbons (Fsp3) is 0.522. The van der Waals surface area contributed by atoms with Crippen LogP contribution in [0, 0.1) is 6.92 Å². The topological polar surface area (TPSA) is 98.0 Å². The van der Waals surface area contributed by atoms with Crippen LogP contribution in [0.5, 0.6) is 0 Å². The van der Waals surface area contributed by atoms with Crippen molar-refractivity contribution >= 4 is 46.5 Å². The number of nitrogens with zero attached hydrogens (tertiary/aromatic N) is 3. The monoisotopic (exact) mass is 544 g/mol. The molecule has 0 bridgehead atoms. The summed E-state index contributed by atoms with van der Waals surface area (Å²) in [6, 6.07) is 3.66. The van der Waals surface area contributed by atoms with E-state index in [2.05, 4.69) is 28.0 Å². The highest BCUT2D eigenvalue weighted by atomic mass is 35.5. The maximum absolute atomic E-state index is 12.6. The molecule has 12 heteroatoms. The highest BCUT2D eigenvalue weighted by Gasteiger charge is 2.30. The minimum Gasteiger partial charge on any atom is -0.352 e. The fourth-order valence-corrected chi connectivity index (χ4v) is 5.62. The summed E-state index contributed by atoms with van der Waals surface area (Å²) in [5.41, 5.74) is 4.35. The molecular formula is C23H32Cl2N5O4S+. The standard InChI is InChI=1S/C23H31Cl2N5O4S/c1-15-12-19(24)30(33)21(25)20(15)22(31)26-8-4-16(2)28-9-5-18(6-10-28)29(23(32)27-34-3)13-17-7-11-35-14-17/h7,11-12,14,16,18H,4-6,8-10,13H2,1-3H3,(H2-,26,27,31,32,33)/p+1/t16-/m1/s1. The Balaban J connectivity index is 1.50. The van der Waals surface area contributed by atoms with Gasteiger partial charge in [0.05, 0.1) is 7.11 Å². The van der Waals surface area contributed by atoms with E-state index in [4.69, 9.17) is 28.0 Å². The summed E-state index contributed by atoms with van der Waals surface area (Å²) in [5.74, 6) is -0.355. The number of piperidine rings is 1. The van der Waals surface area contributed by atoms with E-state index in [0.29, 0.717) is 23.4 Å². The molecule has 2 aromatic rings. The summed E-state index contributed by atoms with van der Waals surface area (Å²) in [5, 5.41) is 16.7. The number of hydroxylamine groups is 1. The summed E-state index contributed by atoms with van der Waals surface area (Å²) in [6.45, 7) is 6.57. The number of amides is 3. The average molecular weight is 546 g/mol. The minimum atomic E-state index is -0.355. The Morgan fingerprint density at radius 3 is 2.71 bits per heavy atom. The Kier molecular flexibility index (Phi) is 9.99. The number of thiophene rings is 1. The quantitative estimate of drug-likeness (QED) is 0.194. The van der Waals surface area contributed by atoms with Gasteiger partial charge in [-0.3, -0.25) is 14.8 Å². The Bertz CT molecular complexity index is 1020. The first-order valence-corrected chi connectivity index (χ1v) is 13.2. The normalized spacial score (nSPS) is 15.6. The van der Waals surface area contributed by atoms with Gasteiger partial charge < -0.3 is 15.1 Å². The number of carbonyl (C=O) groups excluding carboxylic acids is 2. The van der Waals surface area contributed by atoms with E-state index in [-0.39, 0.29) is 39.9 Å². The second kappa shape index (κ2) is 12.7. The van der Waals surface area contributed by atoms with Crippen LogP contribution < -0.4 is 15.5 Å². The van der Waals surface area contributed by atoms with Crippen molar-refractivity contribution in [2.75, 3.05) is 26.7 Å². The summed E-state index contributed by atoms with van der Waals surface area (Å²) < 4.78 is 0.590. The van der Waals surface area contributed by atoms with Gasteiger partial charge in [-0.25, -0.2) is 10.3 Å². The molecule has 1 aliphatic heterocycles. The number of rotatable bonds is 9. The summed E-state index contributed by atoms with van der Waals surface area (Å²) in [4.78, 5) is 34.3. The van der Waals surface area contributed by atoms with Gasteiger partial charge in [-0.1, -0.05) is 0 Å². The Labute approximate surface area is 219 Å². The van der Waals surface area contributed by atoms with E-state index < -0.39 is 0 Å². The molecular weight excluding hydrogens is 513 g/mol. The second-order valence-corrected chi connectivity index (χ2v) is 10.2. The first-order chi connectivity index (χ1) is 16.7. The highest BCUT2D eigenvalue weighted by molar-refractivity contribution is 7.07. The van der Waals surface area contributed by atoms with Crippen molar-refractivity contribution in [3.63, 3.8) is 0 Å². The van der Waals surface area contributed by atoms with Crippen LogP contribution in [0.1, 0.15) is 47.7 Å². The van der Waals surface area contributed by atoms with Crippen molar-refractivity contribution in [2.24, 2.45) is 0 Å². The lowest BCUT2D eigenvalue weighted by molar-refractivity contribution is -0.901. The van der Waals surface area contributed by atoms with Crippen LogP contribution in [0.4, 0.5) is 4.79 Å². The molecule has 0 unspecified atom stereocenters. The predicted octanol–water partition coefficient (Wildman–Crippen LogP) is 3.63. The zero-order valence-electron chi connectivity index (χ0n) is 20.1. The van der Waals surface area contributed by atoms with E-state index in [9.17, 15) is 14.8 Å². The first-order valence-electron chi connectivity index (χ1n) is 11.5. The number of carbonyl (C=O) groups is 2. The summed E-state index contributed by atoms with van der Waals surface area (Å²) in [7, 11) is 1.44. The van der Waals surface area contributed by atoms with Gasteiger partial charge in [-0.05, 0) is 84.3 Å². The average Bonchev–Trinajstić information content (AvgIpc) is 3.34. The lowest BCUT2D eigenvalue weighted by Gasteiger charge is -2.40. The number of likely N-dealkylation sites (tertiary alicyclic amines) is 1. The zero-order valence-corrected chi connectivity index (χ0v) is 22.4. The Hall–Kier alpha value is -2.11. The van der Waals surface area contributed by atoms with Gasteiger partial charge in [0.1, 0.15) is 5.56 Å². The molecule has 9 nitrogen and oxygen atoms in total. The van der Waals surface area contributed by atoms with Crippen molar-refractivity contribution in [1.29, 1.82) is 0 Å². The van der Waals surface area contributed by atoms with Crippen molar-refractivity contribution in [3.05, 3.63) is 49.9 Å². The molecule has 1 saturated heterocycles. The maximum Gasteiger partial charge on any atom is 0.341 e. The maximum atomic E-state index is 12.6. The fourth-order valence-electron chi connectivity index (χ4n) is 4.34. The lowest BCUT2D eigenvalue weighted by Crippen LogP contribution is -2.51. The highest BCUT2D eigenvalue weighted by Crippen LogP contribution is 2.23. The molecule has 192 valence electrons. The van der Waals surface area contributed by atoms with Gasteiger partial charge in [0, 0.05) is 49.1 Å². The molecule has 3 amide bonds. The second-order valence-electron chi connectivity index (χ2n) is 8.66. The van der Waals surface area contributed by atoms with Crippen LogP contribution in [-0.2, 0) is 11.4 Å². The number of aryl methyl sites for hydroxylation is 1. The molecule has 3 rings (SSSR count). The van der Waals surface area contributed by atoms with Gasteiger partial charge in [-0.15, -0.1) is 0 Å². The van der Waals surface area contributed by atoms with Crippen molar-refractivity contribution in [2.45, 2.75) is 51.7 Å². The molecule has 1 fully saturated rings. The number of hydrogen-bond donors (Lipinski definition) is 3.